The summed E-state index contributed by atoms with van der Waals surface area (Å²) in [5.74, 6) is -0.453. The normalized spacial score (nSPS) is 16.2. The molecule has 16 heteroatoms. The second-order valence-electron chi connectivity index (χ2n) is 11.0. The first-order valence-electron chi connectivity index (χ1n) is 14.9. The number of benzene rings is 4. The number of phenols is 2. The van der Waals surface area contributed by atoms with Crippen molar-refractivity contribution in [3.05, 3.63) is 101 Å². The highest BCUT2D eigenvalue weighted by atomic mass is 79.9. The number of halogens is 4. The average Bonchev–Trinajstić information content (AvgIpc) is 3.08. The predicted molar refractivity (Wildman–Crippen MR) is 199 cm³/mol. The van der Waals surface area contributed by atoms with Crippen LogP contribution >= 0.6 is 63.7 Å². The van der Waals surface area contributed by atoms with Gasteiger partial charge in [0.05, 0.1) is 17.9 Å². The van der Waals surface area contributed by atoms with Crippen LogP contribution in [0.1, 0.15) is 22.3 Å². The van der Waals surface area contributed by atoms with Crippen LogP contribution in [0.3, 0.4) is 0 Å². The molecule has 2 amide bonds. The van der Waals surface area contributed by atoms with E-state index in [0.717, 1.165) is 11.1 Å². The minimum Gasteiger partial charge on any atom is -0.504 e. The summed E-state index contributed by atoms with van der Waals surface area (Å²) < 4.78 is 13.9. The summed E-state index contributed by atoms with van der Waals surface area (Å²) in [7, 11) is 0. The molecule has 0 spiro atoms. The number of aromatic hydroxyl groups is 2. The quantitative estimate of drug-likeness (QED) is 0.0774. The van der Waals surface area contributed by atoms with Crippen molar-refractivity contribution in [2.24, 2.45) is 10.3 Å². The summed E-state index contributed by atoms with van der Waals surface area (Å²) in [5.41, 5.74) is 2.44. The molecule has 0 radical (unpaired) electrons. The van der Waals surface area contributed by atoms with Crippen LogP contribution in [0.15, 0.2) is 88.9 Å². The van der Waals surface area contributed by atoms with E-state index in [1.807, 2.05) is 12.1 Å². The van der Waals surface area contributed by atoms with Crippen LogP contribution in [0.4, 0.5) is 0 Å². The molecule has 0 unspecified atom stereocenters. The highest BCUT2D eigenvalue weighted by Gasteiger charge is 2.21. The van der Waals surface area contributed by atoms with E-state index in [2.05, 4.69) is 84.7 Å². The van der Waals surface area contributed by atoms with Gasteiger partial charge in [-0.1, -0.05) is 22.4 Å². The number of ether oxygens (including phenoxy) is 2. The van der Waals surface area contributed by atoms with E-state index in [4.69, 9.17) is 9.47 Å². The van der Waals surface area contributed by atoms with E-state index in [9.17, 15) is 30.2 Å². The van der Waals surface area contributed by atoms with Gasteiger partial charge in [0, 0.05) is 25.9 Å². The van der Waals surface area contributed by atoms with E-state index in [1.54, 1.807) is 36.4 Å². The van der Waals surface area contributed by atoms with E-state index < -0.39 is 11.8 Å². The summed E-state index contributed by atoms with van der Waals surface area (Å²) in [4.78, 5) is 25.9. The second-order valence-corrected chi connectivity index (χ2v) is 14.5. The summed E-state index contributed by atoms with van der Waals surface area (Å²) >= 11 is 13.8. The number of nitrogens with zero attached hydrogens (tertiary/aromatic N) is 2. The second kappa shape index (κ2) is 16.7. The maximum Gasteiger partial charge on any atom is 0.269 e. The van der Waals surface area contributed by atoms with E-state index in [0.29, 0.717) is 48.9 Å². The molecule has 0 saturated heterocycles. The van der Waals surface area contributed by atoms with Gasteiger partial charge < -0.3 is 40.7 Å². The Morgan fingerprint density at radius 3 is 1.66 bits per heavy atom. The van der Waals surface area contributed by atoms with Crippen molar-refractivity contribution in [3.8, 4) is 34.5 Å². The number of fused-ring (bicyclic) bond motifs is 2. The Hall–Kier alpha value is -4.12. The van der Waals surface area contributed by atoms with Crippen LogP contribution in [0.2, 0.25) is 0 Å². The summed E-state index contributed by atoms with van der Waals surface area (Å²) in [6.07, 6.45) is 0.727. The van der Waals surface area contributed by atoms with Crippen LogP contribution in [-0.2, 0) is 35.3 Å². The van der Waals surface area contributed by atoms with Crippen molar-refractivity contribution in [2.45, 2.75) is 25.7 Å². The number of carbonyl (C=O) groups is 2. The van der Waals surface area contributed by atoms with Gasteiger partial charge in [-0.2, -0.15) is 0 Å². The fourth-order valence-corrected chi connectivity index (χ4v) is 7.42. The zero-order valence-electron chi connectivity index (χ0n) is 25.8. The van der Waals surface area contributed by atoms with Gasteiger partial charge in [0.15, 0.2) is 28.7 Å². The molecule has 12 nitrogen and oxygen atoms in total. The minimum atomic E-state index is -0.604. The molecule has 4 aromatic rings. The molecule has 0 saturated carbocycles. The van der Waals surface area contributed by atoms with Crippen molar-refractivity contribution in [2.75, 3.05) is 13.1 Å². The number of rotatable bonds is 0. The van der Waals surface area contributed by atoms with Gasteiger partial charge in [0.1, 0.15) is 17.2 Å². The molecule has 0 aromatic heterocycles. The Kier molecular flexibility index (Phi) is 12.4. The standard InChI is InChI=1S/C34H28Br4N4O8/c35-21-9-17-2-4-28(21)49-29-15-18(1-3-27(29)43)6-8-40-34(46)26(42-48)14-20-10-22(36)31(44)30(16-20)50-32-23(37)11-19(12-24(32)38)13-25(41-47)33(45)39-7-5-17/h1-4,9-12,15-16,43-44,47-48H,5-8,13-14H2,(H,39,45)(H,40,46)/b41-25+,42-26-. The highest BCUT2D eigenvalue weighted by molar-refractivity contribution is 9.11. The van der Waals surface area contributed by atoms with Gasteiger partial charge >= 0.3 is 0 Å². The van der Waals surface area contributed by atoms with Gasteiger partial charge in [0.2, 0.25) is 0 Å². The lowest BCUT2D eigenvalue weighted by Crippen LogP contribution is -2.33. The van der Waals surface area contributed by atoms with Crippen molar-refractivity contribution in [1.29, 1.82) is 0 Å². The molecular weight excluding hydrogens is 912 g/mol. The Morgan fingerprint density at radius 2 is 1.08 bits per heavy atom. The summed E-state index contributed by atoms with van der Waals surface area (Å²) in [5, 5.41) is 52.6. The predicted octanol–water partition coefficient (Wildman–Crippen LogP) is 7.51. The number of carbonyl (C=O) groups excluding carboxylic acids is 2. The van der Waals surface area contributed by atoms with Crippen molar-refractivity contribution in [3.63, 3.8) is 0 Å². The molecule has 3 aliphatic rings. The van der Waals surface area contributed by atoms with Crippen molar-refractivity contribution in [1.82, 2.24) is 10.6 Å². The molecule has 7 rings (SSSR count). The van der Waals surface area contributed by atoms with Crippen LogP contribution in [-0.4, -0.2) is 57.0 Å². The fourth-order valence-electron chi connectivity index (χ4n) is 4.98. The van der Waals surface area contributed by atoms with Gasteiger partial charge in [-0.25, -0.2) is 0 Å². The number of phenolic OH excluding ortho intramolecular Hbond substituents is 2. The Labute approximate surface area is 319 Å². The molecule has 0 aliphatic carbocycles. The average molecular weight is 940 g/mol. The smallest absolute Gasteiger partial charge is 0.269 e. The van der Waals surface area contributed by atoms with Gasteiger partial charge in [-0.05, 0) is 147 Å². The van der Waals surface area contributed by atoms with Crippen LogP contribution < -0.4 is 20.1 Å². The topological polar surface area (TPSA) is 182 Å². The molecular formula is C34H28Br4N4O8. The van der Waals surface area contributed by atoms with Gasteiger partial charge in [-0.3, -0.25) is 9.59 Å². The fraction of sp³-hybridized carbons (Fsp3) is 0.176. The third-order valence-corrected chi connectivity index (χ3v) is 9.91. The largest absolute Gasteiger partial charge is 0.504 e. The zero-order chi connectivity index (χ0) is 35.9. The number of nitrogens with one attached hydrogen (secondary N) is 2. The lowest BCUT2D eigenvalue weighted by molar-refractivity contribution is -0.115. The zero-order valence-corrected chi connectivity index (χ0v) is 32.2. The molecule has 0 fully saturated rings. The van der Waals surface area contributed by atoms with Crippen LogP contribution in [0, 0.1) is 0 Å². The molecule has 0 atom stereocenters. The van der Waals surface area contributed by atoms with Crippen LogP contribution in [0.5, 0.6) is 34.5 Å². The minimum absolute atomic E-state index is 0.0109. The summed E-state index contributed by atoms with van der Waals surface area (Å²) in [6, 6.07) is 16.7. The first-order valence-corrected chi connectivity index (χ1v) is 18.1. The van der Waals surface area contributed by atoms with Crippen molar-refractivity contribution >= 4 is 87.0 Å². The SMILES string of the molecule is O=C1NCCc2ccc(O)c(c2)Oc2ccc(cc2Br)CCNC(=O)/C(=N/O)Cc2cc(Br)c(c(Br)c2)Oc2cc(cc(Br)c2O)C/C1=N/O. The number of oxime groups is 2. The van der Waals surface area contributed by atoms with E-state index in [-0.39, 0.29) is 64.8 Å². The Bertz CT molecular complexity index is 2000. The third-order valence-electron chi connectivity index (χ3n) is 7.51. The molecule has 50 heavy (non-hydrogen) atoms. The third kappa shape index (κ3) is 9.15. The maximum atomic E-state index is 13.0. The lowest BCUT2D eigenvalue weighted by atomic mass is 10.1. The Balaban J connectivity index is 1.46. The number of amides is 2. The molecule has 3 heterocycles. The molecule has 3 aliphatic heterocycles. The molecule has 6 N–H and O–H groups in total. The molecule has 4 aromatic carbocycles. The highest BCUT2D eigenvalue weighted by Crippen LogP contribution is 2.43. The van der Waals surface area contributed by atoms with E-state index >= 15 is 0 Å². The first kappa shape index (κ1) is 37.1. The maximum absolute atomic E-state index is 13.0. The number of hydrogen-bond acceptors (Lipinski definition) is 10. The lowest BCUT2D eigenvalue weighted by Gasteiger charge is -2.15. The molecule has 260 valence electrons. The van der Waals surface area contributed by atoms with Crippen LogP contribution in [0.25, 0.3) is 0 Å². The first-order chi connectivity index (χ1) is 23.9. The van der Waals surface area contributed by atoms with Gasteiger partial charge in [-0.15, -0.1) is 0 Å². The van der Waals surface area contributed by atoms with Crippen molar-refractivity contribution < 1.29 is 39.7 Å². The van der Waals surface area contributed by atoms with Gasteiger partial charge in [0.25, 0.3) is 11.8 Å². The Morgan fingerprint density at radius 1 is 0.580 bits per heavy atom. The van der Waals surface area contributed by atoms with E-state index in [1.165, 1.54) is 12.1 Å². The molecule has 8 bridgehead atoms. The number of hydrogen-bond donors (Lipinski definition) is 6. The summed E-state index contributed by atoms with van der Waals surface area (Å²) in [6.45, 7) is 0.447. The monoisotopic (exact) mass is 936 g/mol.